The van der Waals surface area contributed by atoms with Crippen molar-refractivity contribution in [1.82, 2.24) is 15.2 Å². The maximum Gasteiger partial charge on any atom is 0.251 e. The number of methoxy groups -OCH3 is 2. The van der Waals surface area contributed by atoms with E-state index in [1.807, 2.05) is 24.3 Å². The molecule has 0 spiro atoms. The van der Waals surface area contributed by atoms with Crippen LogP contribution in [-0.2, 0) is 6.54 Å². The zero-order valence-electron chi connectivity index (χ0n) is 17.8. The lowest BCUT2D eigenvalue weighted by Gasteiger charge is -2.22. The molecule has 1 N–H and O–H groups in total. The Morgan fingerprint density at radius 1 is 1.03 bits per heavy atom. The standard InChI is InChI=1S/C25H27N3O3/c1-30-20-8-9-24(31-2)21(14-20)22-16-28(15-18-6-4-3-5-7-18)17-23(22)27-25(29)19-10-12-26-13-11-19/h3-14,22-23H,15-17H2,1-2H3,(H,27,29)/t22-,23+/m0/s1. The largest absolute Gasteiger partial charge is 0.497 e. The number of hydrogen-bond donors (Lipinski definition) is 1. The van der Waals surface area contributed by atoms with Crippen molar-refractivity contribution in [3.63, 3.8) is 0 Å². The van der Waals surface area contributed by atoms with Crippen LogP contribution in [0.25, 0.3) is 0 Å². The van der Waals surface area contributed by atoms with Crippen LogP contribution in [0.1, 0.15) is 27.4 Å². The number of hydrogen-bond acceptors (Lipinski definition) is 5. The van der Waals surface area contributed by atoms with Crippen LogP contribution in [0.4, 0.5) is 0 Å². The molecule has 0 unspecified atom stereocenters. The van der Waals surface area contributed by atoms with Crippen LogP contribution in [0.5, 0.6) is 11.5 Å². The fourth-order valence-electron chi connectivity index (χ4n) is 4.20. The van der Waals surface area contributed by atoms with Crippen LogP contribution in [0.3, 0.4) is 0 Å². The molecule has 2 atom stereocenters. The van der Waals surface area contributed by atoms with E-state index in [1.165, 1.54) is 5.56 Å². The van der Waals surface area contributed by atoms with Crippen LogP contribution < -0.4 is 14.8 Å². The van der Waals surface area contributed by atoms with Crippen LogP contribution in [0, 0.1) is 0 Å². The molecule has 0 radical (unpaired) electrons. The number of aromatic nitrogens is 1. The molecule has 1 amide bonds. The third kappa shape index (κ3) is 4.86. The Morgan fingerprint density at radius 3 is 2.52 bits per heavy atom. The maximum absolute atomic E-state index is 12.9. The van der Waals surface area contributed by atoms with Crippen molar-refractivity contribution in [2.75, 3.05) is 27.3 Å². The van der Waals surface area contributed by atoms with Crippen molar-refractivity contribution in [3.8, 4) is 11.5 Å². The Bertz CT molecular complexity index is 1010. The van der Waals surface area contributed by atoms with Crippen LogP contribution in [0.2, 0.25) is 0 Å². The summed E-state index contributed by atoms with van der Waals surface area (Å²) in [6.07, 6.45) is 3.27. The average Bonchev–Trinajstić information content (AvgIpc) is 3.21. The SMILES string of the molecule is COc1ccc(OC)c([C@@H]2CN(Cc3ccccc3)C[C@H]2NC(=O)c2ccncc2)c1. The minimum atomic E-state index is -0.0965. The van der Waals surface area contributed by atoms with E-state index in [2.05, 4.69) is 39.5 Å². The number of benzene rings is 2. The Hall–Kier alpha value is -3.38. The number of amides is 1. The molecule has 0 bridgehead atoms. The molecule has 6 nitrogen and oxygen atoms in total. The molecule has 2 aromatic carbocycles. The van der Waals surface area contributed by atoms with Crippen LogP contribution >= 0.6 is 0 Å². The molecule has 31 heavy (non-hydrogen) atoms. The second kappa shape index (κ2) is 9.62. The third-order valence-corrected chi connectivity index (χ3v) is 5.74. The second-order valence-corrected chi connectivity index (χ2v) is 7.71. The van der Waals surface area contributed by atoms with E-state index in [9.17, 15) is 4.79 Å². The van der Waals surface area contributed by atoms with E-state index in [0.29, 0.717) is 5.56 Å². The Kier molecular flexibility index (Phi) is 6.48. The van der Waals surface area contributed by atoms with Crippen molar-refractivity contribution in [3.05, 3.63) is 89.7 Å². The highest BCUT2D eigenvalue weighted by Crippen LogP contribution is 2.37. The predicted octanol–water partition coefficient (Wildman–Crippen LogP) is 3.50. The lowest BCUT2D eigenvalue weighted by Crippen LogP contribution is -2.39. The number of ether oxygens (including phenoxy) is 2. The number of pyridine rings is 1. The molecule has 3 aromatic rings. The first-order valence-electron chi connectivity index (χ1n) is 10.4. The Labute approximate surface area is 182 Å². The molecule has 1 aliphatic heterocycles. The number of rotatable bonds is 7. The molecule has 1 saturated heterocycles. The topological polar surface area (TPSA) is 63.7 Å². The molecule has 1 aliphatic rings. The van der Waals surface area contributed by atoms with Gasteiger partial charge in [-0.1, -0.05) is 30.3 Å². The molecule has 1 fully saturated rings. The van der Waals surface area contributed by atoms with Crippen molar-refractivity contribution in [1.29, 1.82) is 0 Å². The number of nitrogens with one attached hydrogen (secondary N) is 1. The van der Waals surface area contributed by atoms with Crippen molar-refractivity contribution >= 4 is 5.91 Å². The first-order valence-corrected chi connectivity index (χ1v) is 10.4. The van der Waals surface area contributed by atoms with Gasteiger partial charge in [-0.25, -0.2) is 0 Å². The molecule has 160 valence electrons. The summed E-state index contributed by atoms with van der Waals surface area (Å²) >= 11 is 0. The Balaban J connectivity index is 1.62. The molecular weight excluding hydrogens is 390 g/mol. The summed E-state index contributed by atoms with van der Waals surface area (Å²) in [5, 5.41) is 3.24. The summed E-state index contributed by atoms with van der Waals surface area (Å²) < 4.78 is 11.1. The molecule has 4 rings (SSSR count). The van der Waals surface area contributed by atoms with E-state index < -0.39 is 0 Å². The smallest absolute Gasteiger partial charge is 0.251 e. The Morgan fingerprint density at radius 2 is 1.81 bits per heavy atom. The van der Waals surface area contributed by atoms with Gasteiger partial charge in [0.25, 0.3) is 5.91 Å². The number of nitrogens with zero attached hydrogens (tertiary/aromatic N) is 2. The third-order valence-electron chi connectivity index (χ3n) is 5.74. The first-order chi connectivity index (χ1) is 15.2. The van der Waals surface area contributed by atoms with Gasteiger partial charge in [-0.2, -0.15) is 0 Å². The van der Waals surface area contributed by atoms with Gasteiger partial charge in [0.15, 0.2) is 0 Å². The quantitative estimate of drug-likeness (QED) is 0.638. The van der Waals surface area contributed by atoms with Gasteiger partial charge >= 0.3 is 0 Å². The van der Waals surface area contributed by atoms with Crippen LogP contribution in [0.15, 0.2) is 73.1 Å². The molecule has 6 heteroatoms. The van der Waals surface area contributed by atoms with Gasteiger partial charge in [-0.15, -0.1) is 0 Å². The van der Waals surface area contributed by atoms with E-state index >= 15 is 0 Å². The van der Waals surface area contributed by atoms with Gasteiger partial charge in [0, 0.05) is 49.1 Å². The lowest BCUT2D eigenvalue weighted by atomic mass is 9.93. The fraction of sp³-hybridized carbons (Fsp3) is 0.280. The van der Waals surface area contributed by atoms with Gasteiger partial charge in [-0.3, -0.25) is 14.7 Å². The highest BCUT2D eigenvalue weighted by Gasteiger charge is 2.36. The molecule has 1 aromatic heterocycles. The van der Waals surface area contributed by atoms with Gasteiger partial charge < -0.3 is 14.8 Å². The average molecular weight is 418 g/mol. The molecule has 0 saturated carbocycles. The zero-order chi connectivity index (χ0) is 21.6. The minimum absolute atomic E-state index is 0.0645. The van der Waals surface area contributed by atoms with Crippen molar-refractivity contribution in [2.45, 2.75) is 18.5 Å². The number of likely N-dealkylation sites (tertiary alicyclic amines) is 1. The highest BCUT2D eigenvalue weighted by molar-refractivity contribution is 5.94. The monoisotopic (exact) mass is 417 g/mol. The van der Waals surface area contributed by atoms with E-state index in [-0.39, 0.29) is 17.9 Å². The number of carbonyl (C=O) groups excluding carboxylic acids is 1. The zero-order valence-corrected chi connectivity index (χ0v) is 17.8. The van der Waals surface area contributed by atoms with Crippen molar-refractivity contribution in [2.24, 2.45) is 0 Å². The van der Waals surface area contributed by atoms with Crippen LogP contribution in [-0.4, -0.2) is 49.1 Å². The minimum Gasteiger partial charge on any atom is -0.497 e. The lowest BCUT2D eigenvalue weighted by molar-refractivity contribution is 0.0934. The van der Waals surface area contributed by atoms with Gasteiger partial charge in [0.2, 0.25) is 0 Å². The maximum atomic E-state index is 12.9. The van der Waals surface area contributed by atoms with E-state index in [4.69, 9.17) is 9.47 Å². The summed E-state index contributed by atoms with van der Waals surface area (Å²) in [6.45, 7) is 2.38. The van der Waals surface area contributed by atoms with E-state index in [1.54, 1.807) is 38.7 Å². The normalized spacial score (nSPS) is 18.5. The summed E-state index contributed by atoms with van der Waals surface area (Å²) in [7, 11) is 3.33. The molecular formula is C25H27N3O3. The predicted molar refractivity (Wildman–Crippen MR) is 119 cm³/mol. The number of carbonyl (C=O) groups is 1. The van der Waals surface area contributed by atoms with Crippen molar-refractivity contribution < 1.29 is 14.3 Å². The first kappa shape index (κ1) is 20.9. The summed E-state index contributed by atoms with van der Waals surface area (Å²) in [4.78, 5) is 19.3. The fourth-order valence-corrected chi connectivity index (χ4v) is 4.20. The summed E-state index contributed by atoms with van der Waals surface area (Å²) in [5.41, 5.74) is 2.89. The van der Waals surface area contributed by atoms with E-state index in [0.717, 1.165) is 36.7 Å². The van der Waals surface area contributed by atoms with Gasteiger partial charge in [0.05, 0.1) is 20.3 Å². The van der Waals surface area contributed by atoms with Gasteiger partial charge in [-0.05, 0) is 35.9 Å². The summed E-state index contributed by atoms with van der Waals surface area (Å²) in [6, 6.07) is 19.6. The highest BCUT2D eigenvalue weighted by atomic mass is 16.5. The summed E-state index contributed by atoms with van der Waals surface area (Å²) in [5.74, 6) is 1.55. The van der Waals surface area contributed by atoms with Gasteiger partial charge in [0.1, 0.15) is 11.5 Å². The molecule has 2 heterocycles. The second-order valence-electron chi connectivity index (χ2n) is 7.71. The molecule has 0 aliphatic carbocycles.